The fourth-order valence-electron chi connectivity index (χ4n) is 10.5. The van der Waals surface area contributed by atoms with Crippen LogP contribution >= 0.6 is 34.8 Å². The molecule has 0 amide bonds. The molecule has 0 bridgehead atoms. The number of ether oxygens (including phenoxy) is 5. The first kappa shape index (κ1) is 85.0. The van der Waals surface area contributed by atoms with E-state index in [-0.39, 0.29) is 87.8 Å². The molecular weight excluding hydrogens is 1600 g/mol. The van der Waals surface area contributed by atoms with E-state index < -0.39 is 62.5 Å². The van der Waals surface area contributed by atoms with Gasteiger partial charge in [-0.25, -0.2) is 33.7 Å². The molecule has 0 aliphatic heterocycles. The number of rotatable bonds is 25. The Morgan fingerprint density at radius 3 is 0.973 bits per heavy atom. The molecule has 12 rings (SSSR count). The van der Waals surface area contributed by atoms with E-state index in [4.69, 9.17) is 58.5 Å². The summed E-state index contributed by atoms with van der Waals surface area (Å²) in [7, 11) is -9.07. The van der Waals surface area contributed by atoms with Gasteiger partial charge in [0.15, 0.2) is 23.1 Å². The van der Waals surface area contributed by atoms with Crippen LogP contribution in [0.25, 0.3) is 0 Å². The van der Waals surface area contributed by atoms with Crippen molar-refractivity contribution < 1.29 is 89.7 Å². The third-order valence-corrected chi connectivity index (χ3v) is 22.3. The van der Waals surface area contributed by atoms with Gasteiger partial charge in [0, 0.05) is 66.1 Å². The summed E-state index contributed by atoms with van der Waals surface area (Å²) >= 11 is 18.0. The van der Waals surface area contributed by atoms with Crippen LogP contribution < -0.4 is 42.6 Å². The molecule has 0 saturated carbocycles. The average Bonchev–Trinajstić information content (AvgIpc) is 0.794. The van der Waals surface area contributed by atoms with Crippen LogP contribution in [0, 0.1) is 0 Å². The number of hydrogen-bond acceptors (Lipinski definition) is 17. The van der Waals surface area contributed by atoms with Gasteiger partial charge < -0.3 is 23.7 Å². The van der Waals surface area contributed by atoms with E-state index in [1.807, 2.05) is 0 Å². The largest absolute Gasteiger partial charge is 0.497 e. The van der Waals surface area contributed by atoms with Crippen LogP contribution in [0.5, 0.6) is 28.7 Å². The number of carbonyl (C=O) groups is 4. The number of methoxy groups -OCH3 is 5. The summed E-state index contributed by atoms with van der Waals surface area (Å²) < 4.78 is 176. The molecule has 113 heavy (non-hydrogen) atoms. The fraction of sp³-hybridized carbons (Fsp3) is 0.0732. The predicted molar refractivity (Wildman–Crippen MR) is 427 cm³/mol. The number of benzene rings is 12. The maximum atomic E-state index is 13.1. The lowest BCUT2D eigenvalue weighted by molar-refractivity contribution is -0.137. The highest BCUT2D eigenvalue weighted by Crippen LogP contribution is 2.36. The Hall–Kier alpha value is -12.0. The topological polar surface area (TPSA) is 299 Å². The Morgan fingerprint density at radius 2 is 0.602 bits per heavy atom. The molecule has 0 aliphatic carbocycles. The van der Waals surface area contributed by atoms with Crippen molar-refractivity contribution in [3.05, 3.63) is 350 Å². The Kier molecular flexibility index (Phi) is 28.4. The van der Waals surface area contributed by atoms with Crippen LogP contribution in [0.15, 0.2) is 305 Å². The van der Waals surface area contributed by atoms with E-state index >= 15 is 0 Å². The van der Waals surface area contributed by atoms with Gasteiger partial charge in [0.05, 0.1) is 84.1 Å². The van der Waals surface area contributed by atoms with E-state index in [1.54, 1.807) is 158 Å². The first-order chi connectivity index (χ1) is 53.8. The zero-order valence-electron chi connectivity index (χ0n) is 60.0. The van der Waals surface area contributed by atoms with Crippen LogP contribution in [0.1, 0.15) is 69.2 Å². The molecule has 0 heterocycles. The highest BCUT2D eigenvalue weighted by molar-refractivity contribution is 7.93. The van der Waals surface area contributed by atoms with Crippen molar-refractivity contribution in [1.29, 1.82) is 0 Å². The molecule has 12 aromatic rings. The maximum absolute atomic E-state index is 13.1. The van der Waals surface area contributed by atoms with Gasteiger partial charge in [-0.1, -0.05) is 168 Å². The summed E-state index contributed by atoms with van der Waals surface area (Å²) in [4.78, 5) is 50.9. The molecule has 0 aliphatic rings. The lowest BCUT2D eigenvalue weighted by Gasteiger charge is -2.15. The summed E-state index contributed by atoms with van der Waals surface area (Å²) in [5.41, 5.74) is 1.29. The summed E-state index contributed by atoms with van der Waals surface area (Å²) in [6, 6.07) is 71.0. The summed E-state index contributed by atoms with van der Waals surface area (Å²) in [6.45, 7) is 0. The van der Waals surface area contributed by atoms with Gasteiger partial charge in [-0.3, -0.25) is 38.1 Å². The summed E-state index contributed by atoms with van der Waals surface area (Å²) in [6.07, 6.45) is -4.69. The van der Waals surface area contributed by atoms with Crippen molar-refractivity contribution in [2.45, 2.75) is 25.8 Å². The van der Waals surface area contributed by atoms with Crippen LogP contribution in [0.2, 0.25) is 15.1 Å². The molecule has 12 aromatic carbocycles. The monoisotopic (exact) mass is 1670 g/mol. The highest BCUT2D eigenvalue weighted by Gasteiger charge is 2.33. The molecule has 0 fully saturated rings. The minimum absolute atomic E-state index is 0.0231. The van der Waals surface area contributed by atoms with E-state index in [1.165, 1.54) is 139 Å². The second-order valence-electron chi connectivity index (χ2n) is 23.6. The van der Waals surface area contributed by atoms with Gasteiger partial charge in [-0.05, 0) is 140 Å². The summed E-state index contributed by atoms with van der Waals surface area (Å²) in [5.74, 6) is 0.405. The quantitative estimate of drug-likeness (QED) is 0.0387. The third-order valence-electron chi connectivity index (χ3n) is 16.1. The minimum Gasteiger partial charge on any atom is -0.497 e. The molecule has 21 nitrogen and oxygen atoms in total. The fourth-order valence-corrected chi connectivity index (χ4v) is 15.6. The van der Waals surface area contributed by atoms with Gasteiger partial charge in [-0.15, -0.1) is 0 Å². The second kappa shape index (κ2) is 37.8. The molecule has 0 unspecified atom stereocenters. The van der Waals surface area contributed by atoms with E-state index in [2.05, 4.69) is 18.9 Å². The van der Waals surface area contributed by atoms with Crippen molar-refractivity contribution in [3.63, 3.8) is 0 Å². The molecule has 0 spiro atoms. The first-order valence-corrected chi connectivity index (χ1v) is 40.1. The maximum Gasteiger partial charge on any atom is 0.416 e. The van der Waals surface area contributed by atoms with Crippen LogP contribution in [0.3, 0.4) is 0 Å². The van der Waals surface area contributed by atoms with Crippen molar-refractivity contribution >= 4 is 121 Å². The third kappa shape index (κ3) is 22.4. The van der Waals surface area contributed by atoms with Gasteiger partial charge in [0.1, 0.15) is 33.6 Å². The van der Waals surface area contributed by atoms with Gasteiger partial charge >= 0.3 is 6.18 Å². The van der Waals surface area contributed by atoms with Crippen LogP contribution in [-0.2, 0) is 46.3 Å². The zero-order chi connectivity index (χ0) is 81.8. The van der Waals surface area contributed by atoms with E-state index in [0.29, 0.717) is 61.4 Å². The number of anilines is 4. The smallest absolute Gasteiger partial charge is 0.416 e. The van der Waals surface area contributed by atoms with Crippen molar-refractivity contribution in [3.8, 4) is 28.7 Å². The molecule has 582 valence electrons. The lowest BCUT2D eigenvalue weighted by atomic mass is 10.0. The number of carbonyl (C=O) groups excluding carboxylic acids is 4. The molecule has 31 heteroatoms. The molecule has 4 N–H and O–H groups in total. The number of hydrogen-bond donors (Lipinski definition) is 4. The van der Waals surface area contributed by atoms with E-state index in [9.17, 15) is 66.0 Å². The normalized spacial score (nSPS) is 11.2. The Morgan fingerprint density at radius 1 is 0.292 bits per heavy atom. The molecule has 0 aromatic heterocycles. The molecule has 0 atom stereocenters. The van der Waals surface area contributed by atoms with Crippen molar-refractivity contribution in [2.75, 3.05) is 54.4 Å². The summed E-state index contributed by atoms with van der Waals surface area (Å²) in [5, 5.41) is 0.844. The number of sulfonamides is 4. The predicted octanol–water partition coefficient (Wildman–Crippen LogP) is 17.9. The number of halogens is 6. The average molecular weight is 1670 g/mol. The zero-order valence-corrected chi connectivity index (χ0v) is 65.5. The first-order valence-electron chi connectivity index (χ1n) is 33.0. The van der Waals surface area contributed by atoms with E-state index in [0.717, 1.165) is 18.2 Å². The van der Waals surface area contributed by atoms with Gasteiger partial charge in [0.25, 0.3) is 40.1 Å². The molecule has 0 saturated heterocycles. The SMILES string of the molecule is COc1ccc(OC)c(S(=O)(=O)Nc2ccc(Cl)cc2C(=O)c2ccccc2)c1.COc1ccc(S(=O)(=O)Nc2ccc(OC)cc2C(=O)c2ccccc2)cc1.COc1cccc(S(=O)(=O)Nc2ccc(Cl)cc2C(=O)c2ccccc2)c1.O=C(c1ccccc1)c1cc(Cl)ccc1NS(=O)(=O)c1cccc(C(F)(F)F)c1. The standard InChI is InChI=1S/C21H18ClNO5S.C21H19NO5S.C20H13ClF3NO3S.C20H16ClNO4S/c1-27-16-9-11-19(28-2)20(13-16)29(25,26)23-18-10-8-15(22)12-17(18)21(24)14-6-4-3-5-7-14;1-26-16-8-11-18(12-9-16)28(24,25)22-20-13-10-17(27-2)14-19(20)21(23)15-6-4-3-5-7-15;21-15-9-10-18(17(12-15)19(26)13-5-2-1-3-6-13)25-29(27,28)16-8-4-7-14(11-16)20(22,23)24;1-26-16-8-5-9-17(13-16)27(24,25)22-19-11-10-15(21)12-18(19)20(23)14-6-3-2-4-7-14/h3-13,23H,1-2H3;3-14,22H,1-2H3;1-12,25H;2-13,22H,1H3. The Labute approximate surface area is 665 Å². The minimum atomic E-state index is -4.69. The van der Waals surface area contributed by atoms with Gasteiger partial charge in [-0.2, -0.15) is 13.2 Å². The Bertz CT molecular complexity index is 5930. The Balaban J connectivity index is 0.000000173. The lowest BCUT2D eigenvalue weighted by Crippen LogP contribution is -2.17. The van der Waals surface area contributed by atoms with Crippen molar-refractivity contribution in [2.24, 2.45) is 0 Å². The number of alkyl halides is 3. The number of nitrogens with one attached hydrogen (secondary N) is 4. The van der Waals surface area contributed by atoms with Crippen LogP contribution in [-0.4, -0.2) is 92.4 Å². The van der Waals surface area contributed by atoms with Crippen LogP contribution in [0.4, 0.5) is 35.9 Å². The second-order valence-corrected chi connectivity index (χ2v) is 31.6. The molecule has 0 radical (unpaired) electrons. The molecular formula is C82H66Cl3F3N4O17S4. The number of ketones is 4. The van der Waals surface area contributed by atoms with Gasteiger partial charge in [0.2, 0.25) is 0 Å². The highest BCUT2D eigenvalue weighted by atomic mass is 35.5. The van der Waals surface area contributed by atoms with Crippen molar-refractivity contribution in [1.82, 2.24) is 0 Å².